The zero-order chi connectivity index (χ0) is 17.6. The van der Waals surface area contributed by atoms with E-state index in [0.717, 1.165) is 12.1 Å². The van der Waals surface area contributed by atoms with Crippen LogP contribution in [-0.2, 0) is 20.1 Å². The number of hydrogen-bond donors (Lipinski definition) is 4. The number of aromatic hydroxyl groups is 3. The first kappa shape index (κ1) is 15.4. The van der Waals surface area contributed by atoms with Gasteiger partial charge in [-0.05, 0) is 18.2 Å². The minimum atomic E-state index is -1.44. The second kappa shape index (κ2) is 5.47. The Balaban J connectivity index is 1.70. The summed E-state index contributed by atoms with van der Waals surface area (Å²) in [4.78, 5) is 16.4. The number of fused-ring (bicyclic) bond motifs is 2. The van der Waals surface area contributed by atoms with Crippen molar-refractivity contribution in [2.24, 2.45) is 4.99 Å². The number of carbonyl (C=O) groups is 1. The van der Waals surface area contributed by atoms with Crippen molar-refractivity contribution in [3.8, 4) is 17.2 Å². The minimum absolute atomic E-state index is 0.0654. The summed E-state index contributed by atoms with van der Waals surface area (Å²) in [7, 11) is 0. The summed E-state index contributed by atoms with van der Waals surface area (Å²) in [6.45, 7) is 0.630. The smallest absolute Gasteiger partial charge is 0.289 e. The van der Waals surface area contributed by atoms with Gasteiger partial charge in [0.15, 0.2) is 0 Å². The van der Waals surface area contributed by atoms with E-state index in [0.29, 0.717) is 30.2 Å². The molecule has 8 heteroatoms. The van der Waals surface area contributed by atoms with Gasteiger partial charge in [0.05, 0.1) is 30.2 Å². The third-order valence-corrected chi connectivity index (χ3v) is 4.06. The van der Waals surface area contributed by atoms with Crippen molar-refractivity contribution in [1.82, 2.24) is 0 Å². The van der Waals surface area contributed by atoms with Crippen LogP contribution >= 0.6 is 0 Å². The summed E-state index contributed by atoms with van der Waals surface area (Å²) >= 11 is 0. The molecule has 1 amide bonds. The molecule has 1 spiro atoms. The van der Waals surface area contributed by atoms with Gasteiger partial charge in [-0.15, -0.1) is 0 Å². The number of hydrogen-bond acceptors (Lipinski definition) is 7. The lowest BCUT2D eigenvalue weighted by molar-refractivity contribution is -0.178. The van der Waals surface area contributed by atoms with E-state index in [1.54, 1.807) is 18.2 Å². The molecule has 0 saturated carbocycles. The van der Waals surface area contributed by atoms with Gasteiger partial charge in [-0.2, -0.15) is 0 Å². The average Bonchev–Trinajstić information content (AvgIpc) is 3.14. The van der Waals surface area contributed by atoms with Crippen LogP contribution in [0.25, 0.3) is 0 Å². The lowest BCUT2D eigenvalue weighted by atomic mass is 10.1. The summed E-state index contributed by atoms with van der Waals surface area (Å²) < 4.78 is 11.0. The van der Waals surface area contributed by atoms with Crippen LogP contribution in [0.4, 0.5) is 11.4 Å². The Morgan fingerprint density at radius 3 is 2.44 bits per heavy atom. The van der Waals surface area contributed by atoms with Crippen molar-refractivity contribution in [1.29, 1.82) is 0 Å². The molecule has 0 bridgehead atoms. The van der Waals surface area contributed by atoms with Crippen LogP contribution in [0, 0.1) is 0 Å². The highest BCUT2D eigenvalue weighted by atomic mass is 16.7. The van der Waals surface area contributed by atoms with Crippen molar-refractivity contribution in [2.75, 3.05) is 18.5 Å². The van der Waals surface area contributed by atoms with E-state index in [9.17, 15) is 20.1 Å². The number of aliphatic imine (C=N–C) groups is 1. The van der Waals surface area contributed by atoms with E-state index < -0.39 is 5.79 Å². The Morgan fingerprint density at radius 1 is 1.08 bits per heavy atom. The van der Waals surface area contributed by atoms with E-state index in [1.165, 1.54) is 6.21 Å². The van der Waals surface area contributed by atoms with Crippen LogP contribution in [0.2, 0.25) is 0 Å². The maximum absolute atomic E-state index is 12.2. The van der Waals surface area contributed by atoms with Gasteiger partial charge in [-0.25, -0.2) is 0 Å². The lowest BCUT2D eigenvalue weighted by Gasteiger charge is -2.19. The molecule has 0 atom stereocenters. The summed E-state index contributed by atoms with van der Waals surface area (Å²) in [5.41, 5.74) is 1.65. The molecule has 128 valence electrons. The number of nitrogens with one attached hydrogen (secondary N) is 1. The normalized spacial score (nSPS) is 18.0. The van der Waals surface area contributed by atoms with Gasteiger partial charge < -0.3 is 30.1 Å². The molecular formula is C17H14N2O6. The van der Waals surface area contributed by atoms with Gasteiger partial charge in [-0.3, -0.25) is 9.79 Å². The number of ether oxygens (including phenoxy) is 2. The number of benzene rings is 2. The number of phenols is 3. The van der Waals surface area contributed by atoms with Crippen LogP contribution in [0.1, 0.15) is 11.1 Å². The van der Waals surface area contributed by atoms with E-state index in [-0.39, 0.29) is 28.7 Å². The molecule has 0 unspecified atom stereocenters. The Labute approximate surface area is 142 Å². The molecule has 2 aliphatic rings. The number of amides is 1. The van der Waals surface area contributed by atoms with Crippen molar-refractivity contribution in [3.63, 3.8) is 0 Å². The predicted molar refractivity (Wildman–Crippen MR) is 87.3 cm³/mol. The lowest BCUT2D eigenvalue weighted by Crippen LogP contribution is -2.35. The number of anilines is 1. The minimum Gasteiger partial charge on any atom is -0.508 e. The highest BCUT2D eigenvalue weighted by Crippen LogP contribution is 2.43. The molecule has 8 nitrogen and oxygen atoms in total. The van der Waals surface area contributed by atoms with Gasteiger partial charge >= 0.3 is 0 Å². The van der Waals surface area contributed by atoms with E-state index >= 15 is 0 Å². The quantitative estimate of drug-likeness (QED) is 0.617. The van der Waals surface area contributed by atoms with Crippen LogP contribution in [0.3, 0.4) is 0 Å². The Kier molecular flexibility index (Phi) is 3.38. The maximum atomic E-state index is 12.2. The number of rotatable bonds is 2. The molecule has 1 saturated heterocycles. The van der Waals surface area contributed by atoms with Crippen LogP contribution in [-0.4, -0.2) is 40.7 Å². The molecule has 0 aromatic heterocycles. The van der Waals surface area contributed by atoms with Gasteiger partial charge in [-0.1, -0.05) is 0 Å². The second-order valence-corrected chi connectivity index (χ2v) is 5.65. The highest BCUT2D eigenvalue weighted by Gasteiger charge is 2.52. The standard InChI is InChI=1S/C17H14N2O6/c20-10-6-14(21)11(15(22)7-10)8-18-9-1-2-13-12(5-9)17(16(23)19-13)24-3-4-25-17/h1-2,5-8,20-22H,3-4H2,(H,19,23). The topological polar surface area (TPSA) is 121 Å². The van der Waals surface area contributed by atoms with Crippen molar-refractivity contribution >= 4 is 23.5 Å². The average molecular weight is 342 g/mol. The van der Waals surface area contributed by atoms with Crippen molar-refractivity contribution in [2.45, 2.75) is 5.79 Å². The largest absolute Gasteiger partial charge is 0.508 e. The second-order valence-electron chi connectivity index (χ2n) is 5.65. The fourth-order valence-corrected chi connectivity index (χ4v) is 2.90. The first-order valence-electron chi connectivity index (χ1n) is 7.52. The maximum Gasteiger partial charge on any atom is 0.289 e. The summed E-state index contributed by atoms with van der Waals surface area (Å²) in [6.07, 6.45) is 1.26. The first-order chi connectivity index (χ1) is 12.0. The molecule has 0 aliphatic carbocycles. The monoisotopic (exact) mass is 342 g/mol. The van der Waals surface area contributed by atoms with Gasteiger partial charge in [0, 0.05) is 23.9 Å². The van der Waals surface area contributed by atoms with Crippen molar-refractivity contribution in [3.05, 3.63) is 41.5 Å². The fraction of sp³-hybridized carbons (Fsp3) is 0.176. The predicted octanol–water partition coefficient (Wildman–Crippen LogP) is 1.71. The number of phenolic OH excluding ortho intramolecular Hbond substituents is 3. The SMILES string of the molecule is O=C1Nc2ccc(N=Cc3c(O)cc(O)cc3O)cc2C12OCCO2. The molecule has 2 aliphatic heterocycles. The Morgan fingerprint density at radius 2 is 1.76 bits per heavy atom. The van der Waals surface area contributed by atoms with E-state index in [1.807, 2.05) is 0 Å². The van der Waals surface area contributed by atoms with E-state index in [4.69, 9.17) is 9.47 Å². The molecule has 1 fully saturated rings. The molecule has 4 N–H and O–H groups in total. The summed E-state index contributed by atoms with van der Waals surface area (Å²) in [6, 6.07) is 7.18. The van der Waals surface area contributed by atoms with Crippen LogP contribution in [0.15, 0.2) is 35.3 Å². The summed E-state index contributed by atoms with van der Waals surface area (Å²) in [5, 5.41) is 31.6. The molecule has 2 heterocycles. The molecule has 0 radical (unpaired) electrons. The molecule has 2 aromatic carbocycles. The number of nitrogens with zero attached hydrogens (tertiary/aromatic N) is 1. The number of carbonyl (C=O) groups excluding carboxylic acids is 1. The van der Waals surface area contributed by atoms with Gasteiger partial charge in [0.1, 0.15) is 17.2 Å². The fourth-order valence-electron chi connectivity index (χ4n) is 2.90. The summed E-state index contributed by atoms with van der Waals surface area (Å²) in [5.74, 6) is -2.69. The van der Waals surface area contributed by atoms with E-state index in [2.05, 4.69) is 10.3 Å². The Bertz CT molecular complexity index is 879. The van der Waals surface area contributed by atoms with Crippen LogP contribution < -0.4 is 5.32 Å². The third kappa shape index (κ3) is 2.39. The van der Waals surface area contributed by atoms with Crippen LogP contribution in [0.5, 0.6) is 17.2 Å². The Hall–Kier alpha value is -3.10. The first-order valence-corrected chi connectivity index (χ1v) is 7.52. The van der Waals surface area contributed by atoms with Gasteiger partial charge in [0.25, 0.3) is 11.7 Å². The molecule has 4 rings (SSSR count). The van der Waals surface area contributed by atoms with Gasteiger partial charge in [0.2, 0.25) is 0 Å². The third-order valence-electron chi connectivity index (χ3n) is 4.06. The molecule has 25 heavy (non-hydrogen) atoms. The highest BCUT2D eigenvalue weighted by molar-refractivity contribution is 6.04. The molecular weight excluding hydrogens is 328 g/mol. The zero-order valence-corrected chi connectivity index (χ0v) is 12.9. The van der Waals surface area contributed by atoms with Crippen molar-refractivity contribution < 1.29 is 29.6 Å². The zero-order valence-electron chi connectivity index (χ0n) is 12.9. The molecule has 2 aromatic rings.